The van der Waals surface area contributed by atoms with Crippen LogP contribution in [0.4, 0.5) is 17.6 Å². The van der Waals surface area contributed by atoms with Crippen LogP contribution in [-0.2, 0) is 27.4 Å². The van der Waals surface area contributed by atoms with Crippen molar-refractivity contribution in [3.8, 4) is 10.4 Å². The number of thiophene rings is 1. The number of aryl methyl sites for hydroxylation is 1. The fourth-order valence-corrected chi connectivity index (χ4v) is 6.20. The van der Waals surface area contributed by atoms with Gasteiger partial charge in [0.1, 0.15) is 10.0 Å². The molecule has 4 rings (SSSR count). The van der Waals surface area contributed by atoms with E-state index in [4.69, 9.17) is 5.11 Å². The van der Waals surface area contributed by atoms with Gasteiger partial charge in [-0.25, -0.2) is 8.36 Å². The van der Waals surface area contributed by atoms with Crippen LogP contribution >= 0.6 is 11.3 Å². The number of benzene rings is 2. The number of alkyl halides is 3. The van der Waals surface area contributed by atoms with Crippen molar-refractivity contribution in [2.45, 2.75) is 23.2 Å². The van der Waals surface area contributed by atoms with Gasteiger partial charge < -0.3 is 5.11 Å². The third-order valence-corrected chi connectivity index (χ3v) is 8.29. The summed E-state index contributed by atoms with van der Waals surface area (Å²) in [6, 6.07) is 10.8. The number of carboxylic acids is 1. The maximum Gasteiger partial charge on any atom is 0.416 e. The molecule has 0 amide bonds. The fourth-order valence-electron chi connectivity index (χ4n) is 3.41. The number of hydrogen-bond acceptors (Lipinski definition) is 4. The quantitative estimate of drug-likeness (QED) is 0.343. The van der Waals surface area contributed by atoms with Crippen LogP contribution in [0, 0.1) is 5.82 Å². The molecule has 0 spiro atoms. The molecular formula is C22H15F4NO4S2. The predicted octanol–water partition coefficient (Wildman–Crippen LogP) is 5.78. The van der Waals surface area contributed by atoms with Gasteiger partial charge in [-0.2, -0.15) is 21.6 Å². The van der Waals surface area contributed by atoms with Gasteiger partial charge in [0.25, 0.3) is 10.0 Å². The minimum absolute atomic E-state index is 0.0129. The number of halogens is 4. The van der Waals surface area contributed by atoms with Gasteiger partial charge in [-0.1, -0.05) is 12.1 Å². The van der Waals surface area contributed by atoms with E-state index < -0.39 is 33.5 Å². The van der Waals surface area contributed by atoms with Gasteiger partial charge in [0.2, 0.25) is 0 Å². The van der Waals surface area contributed by atoms with Gasteiger partial charge >= 0.3 is 12.1 Å². The summed E-state index contributed by atoms with van der Waals surface area (Å²) in [4.78, 5) is 11.4. The topological polar surface area (TPSA) is 76.4 Å². The third-order valence-electron chi connectivity index (χ3n) is 5.01. The highest BCUT2D eigenvalue weighted by Gasteiger charge is 2.30. The van der Waals surface area contributed by atoms with E-state index in [-0.39, 0.29) is 22.6 Å². The lowest BCUT2D eigenvalue weighted by molar-refractivity contribution is -0.138. The summed E-state index contributed by atoms with van der Waals surface area (Å²) < 4.78 is 79.7. The minimum Gasteiger partial charge on any atom is -0.481 e. The Hall–Kier alpha value is -3.18. The molecule has 1 N–H and O–H groups in total. The van der Waals surface area contributed by atoms with Gasteiger partial charge in [-0.05, 0) is 60.0 Å². The van der Waals surface area contributed by atoms with Crippen LogP contribution < -0.4 is 0 Å². The SMILES string of the molecule is O=C(O)CCc1cn(S(=O)(=O)c2ccc(-c3ccc(C(F)(F)F)cc3)s2)c2ccc(F)cc12. The molecular weight excluding hydrogens is 482 g/mol. The highest BCUT2D eigenvalue weighted by atomic mass is 32.2. The van der Waals surface area contributed by atoms with Crippen molar-refractivity contribution in [2.75, 3.05) is 0 Å². The molecule has 2 heterocycles. The summed E-state index contributed by atoms with van der Waals surface area (Å²) in [5.74, 6) is -1.66. The zero-order valence-corrected chi connectivity index (χ0v) is 18.3. The predicted molar refractivity (Wildman–Crippen MR) is 115 cm³/mol. The molecule has 0 atom stereocenters. The van der Waals surface area contributed by atoms with Crippen molar-refractivity contribution in [1.82, 2.24) is 3.97 Å². The first kappa shape index (κ1) is 23.0. The molecule has 0 saturated carbocycles. The maximum atomic E-state index is 13.8. The molecule has 4 aromatic rings. The molecule has 0 fully saturated rings. The van der Waals surface area contributed by atoms with Crippen LogP contribution in [0.5, 0.6) is 0 Å². The molecule has 33 heavy (non-hydrogen) atoms. The van der Waals surface area contributed by atoms with Gasteiger partial charge in [0, 0.05) is 22.9 Å². The van der Waals surface area contributed by atoms with Crippen LogP contribution in [0.15, 0.2) is 65.0 Å². The molecule has 5 nitrogen and oxygen atoms in total. The molecule has 0 aliphatic heterocycles. The first-order valence-electron chi connectivity index (χ1n) is 9.51. The lowest BCUT2D eigenvalue weighted by Crippen LogP contribution is -2.10. The van der Waals surface area contributed by atoms with Gasteiger partial charge in [0.15, 0.2) is 0 Å². The molecule has 0 aliphatic carbocycles. The van der Waals surface area contributed by atoms with Gasteiger partial charge in [-0.3, -0.25) is 4.79 Å². The van der Waals surface area contributed by atoms with Crippen LogP contribution in [0.1, 0.15) is 17.5 Å². The highest BCUT2D eigenvalue weighted by molar-refractivity contribution is 7.92. The number of rotatable bonds is 6. The normalized spacial score (nSPS) is 12.4. The standard InChI is InChI=1S/C22H15F4NO4S2/c23-16-6-7-18-17(11-16)14(3-9-20(28)29)12-27(18)33(30,31)21-10-8-19(32-21)13-1-4-15(5-2-13)22(24,25)26/h1-2,4-8,10-12H,3,9H2,(H,28,29). The average Bonchev–Trinajstić information content (AvgIpc) is 3.38. The Morgan fingerprint density at radius 1 is 1.03 bits per heavy atom. The number of fused-ring (bicyclic) bond motifs is 1. The summed E-state index contributed by atoms with van der Waals surface area (Å²) in [6.07, 6.45) is -3.44. The monoisotopic (exact) mass is 497 g/mol. The van der Waals surface area contributed by atoms with Crippen LogP contribution in [0.3, 0.4) is 0 Å². The second kappa shape index (κ2) is 8.31. The third kappa shape index (κ3) is 4.51. The Kier molecular flexibility index (Phi) is 5.79. The zero-order valence-electron chi connectivity index (χ0n) is 16.6. The number of carboxylic acid groups (broad SMARTS) is 1. The number of carbonyl (C=O) groups is 1. The van der Waals surface area contributed by atoms with Gasteiger partial charge in [0.05, 0.1) is 11.1 Å². The van der Waals surface area contributed by atoms with Crippen molar-refractivity contribution >= 4 is 38.2 Å². The second-order valence-corrected chi connectivity index (χ2v) is 10.3. The number of aromatic nitrogens is 1. The van der Waals surface area contributed by atoms with Crippen molar-refractivity contribution < 1.29 is 35.9 Å². The lowest BCUT2D eigenvalue weighted by Gasteiger charge is -2.07. The number of nitrogens with zero attached hydrogens (tertiary/aromatic N) is 1. The molecule has 0 aliphatic rings. The number of aliphatic carboxylic acids is 1. The summed E-state index contributed by atoms with van der Waals surface area (Å²) in [5, 5.41) is 9.25. The van der Waals surface area contributed by atoms with E-state index >= 15 is 0 Å². The van der Waals surface area contributed by atoms with E-state index in [9.17, 15) is 30.8 Å². The van der Waals surface area contributed by atoms with Crippen molar-refractivity contribution in [3.63, 3.8) is 0 Å². The van der Waals surface area contributed by atoms with Crippen molar-refractivity contribution in [1.29, 1.82) is 0 Å². The molecule has 172 valence electrons. The Balaban J connectivity index is 1.74. The molecule has 0 saturated heterocycles. The van der Waals surface area contributed by atoms with Crippen molar-refractivity contribution in [3.05, 3.63) is 77.7 Å². The minimum atomic E-state index is -4.48. The molecule has 2 aromatic carbocycles. The van der Waals surface area contributed by atoms with E-state index in [2.05, 4.69) is 0 Å². The Morgan fingerprint density at radius 3 is 2.36 bits per heavy atom. The summed E-state index contributed by atoms with van der Waals surface area (Å²) >= 11 is 0.882. The molecule has 2 aromatic heterocycles. The van der Waals surface area contributed by atoms with Crippen molar-refractivity contribution in [2.24, 2.45) is 0 Å². The average molecular weight is 497 g/mol. The van der Waals surface area contributed by atoms with Crippen LogP contribution in [-0.4, -0.2) is 23.5 Å². The van der Waals surface area contributed by atoms with Crippen LogP contribution in [0.25, 0.3) is 21.3 Å². The fraction of sp³-hybridized carbons (Fsp3) is 0.136. The smallest absolute Gasteiger partial charge is 0.416 e. The molecule has 11 heteroatoms. The Bertz CT molecular complexity index is 1450. The first-order chi connectivity index (χ1) is 15.5. The zero-order chi connectivity index (χ0) is 24.0. The lowest BCUT2D eigenvalue weighted by atomic mass is 10.1. The summed E-state index contributed by atoms with van der Waals surface area (Å²) in [6.45, 7) is 0. The summed E-state index contributed by atoms with van der Waals surface area (Å²) in [7, 11) is -4.13. The second-order valence-electron chi connectivity index (χ2n) is 7.20. The Labute approximate surface area is 189 Å². The molecule has 0 bridgehead atoms. The van der Waals surface area contributed by atoms with E-state index in [0.29, 0.717) is 21.4 Å². The van der Waals surface area contributed by atoms with E-state index in [1.54, 1.807) is 0 Å². The number of hydrogen-bond donors (Lipinski definition) is 1. The van der Waals surface area contributed by atoms with Crippen LogP contribution in [0.2, 0.25) is 0 Å². The first-order valence-corrected chi connectivity index (χ1v) is 11.8. The van der Waals surface area contributed by atoms with E-state index in [1.807, 2.05) is 0 Å². The maximum absolute atomic E-state index is 13.8. The van der Waals surface area contributed by atoms with E-state index in [1.165, 1.54) is 36.5 Å². The van der Waals surface area contributed by atoms with Gasteiger partial charge in [-0.15, -0.1) is 11.3 Å². The van der Waals surface area contributed by atoms with E-state index in [0.717, 1.165) is 39.6 Å². The Morgan fingerprint density at radius 2 is 1.73 bits per heavy atom. The molecule has 0 unspecified atom stereocenters. The summed E-state index contributed by atoms with van der Waals surface area (Å²) in [5.41, 5.74) is 0.183. The highest BCUT2D eigenvalue weighted by Crippen LogP contribution is 2.36. The largest absolute Gasteiger partial charge is 0.481 e. The molecule has 0 radical (unpaired) electrons.